The van der Waals surface area contributed by atoms with Gasteiger partial charge in [0.15, 0.2) is 0 Å². The van der Waals surface area contributed by atoms with Crippen molar-refractivity contribution in [2.75, 3.05) is 4.90 Å². The van der Waals surface area contributed by atoms with Gasteiger partial charge in [-0.2, -0.15) is 0 Å². The van der Waals surface area contributed by atoms with Crippen molar-refractivity contribution in [2.45, 2.75) is 38.5 Å². The van der Waals surface area contributed by atoms with Crippen LogP contribution < -0.4 is 4.90 Å². The van der Waals surface area contributed by atoms with Gasteiger partial charge < -0.3 is 4.90 Å². The molecule has 0 bridgehead atoms. The van der Waals surface area contributed by atoms with Gasteiger partial charge in [0.05, 0.1) is 11.0 Å². The average Bonchev–Trinajstić information content (AvgIpc) is 3.85. The van der Waals surface area contributed by atoms with Crippen LogP contribution in [-0.2, 0) is 10.8 Å². The van der Waals surface area contributed by atoms with Gasteiger partial charge in [-0.15, -0.1) is 0 Å². The van der Waals surface area contributed by atoms with Gasteiger partial charge in [-0.1, -0.05) is 149 Å². The summed E-state index contributed by atoms with van der Waals surface area (Å²) in [7, 11) is 0. The molecule has 0 amide bonds. The molecule has 286 valence electrons. The summed E-state index contributed by atoms with van der Waals surface area (Å²) in [5.41, 5.74) is 20.8. The van der Waals surface area contributed by atoms with E-state index in [4.69, 9.17) is 4.98 Å². The first-order valence-electron chi connectivity index (χ1n) is 21.0. The fourth-order valence-electron chi connectivity index (χ4n) is 10.5. The lowest BCUT2D eigenvalue weighted by Crippen LogP contribution is -2.18. The molecule has 60 heavy (non-hydrogen) atoms. The fraction of sp³-hybridized carbons (Fsp3) is 0.105. The molecule has 2 aliphatic heterocycles. The summed E-state index contributed by atoms with van der Waals surface area (Å²) < 4.78 is 2.31. The molecule has 0 atom stereocenters. The third-order valence-electron chi connectivity index (χ3n) is 13.6. The number of nitrogens with zero attached hydrogens (tertiary/aromatic N) is 3. The number of pyridine rings is 1. The molecule has 2 heterocycles. The lowest BCUT2D eigenvalue weighted by molar-refractivity contribution is 0.660. The molecule has 8 aromatic rings. The molecular weight excluding hydrogens is 727 g/mol. The minimum absolute atomic E-state index is 0.103. The molecule has 0 radical (unpaired) electrons. The van der Waals surface area contributed by atoms with E-state index in [1.165, 1.54) is 72.0 Å². The maximum Gasteiger partial charge on any atom is 0.146 e. The lowest BCUT2D eigenvalue weighted by atomic mass is 9.82. The van der Waals surface area contributed by atoms with Gasteiger partial charge in [0.2, 0.25) is 0 Å². The summed E-state index contributed by atoms with van der Waals surface area (Å²) in [6.45, 7) is 9.45. The van der Waals surface area contributed by atoms with Crippen molar-refractivity contribution in [1.29, 1.82) is 0 Å². The van der Waals surface area contributed by atoms with Crippen molar-refractivity contribution in [3.63, 3.8) is 0 Å². The molecule has 3 nitrogen and oxygen atoms in total. The van der Waals surface area contributed by atoms with E-state index in [1.54, 1.807) is 0 Å². The van der Waals surface area contributed by atoms with E-state index < -0.39 is 0 Å². The minimum atomic E-state index is -0.103. The van der Waals surface area contributed by atoms with Crippen LogP contribution in [0.4, 0.5) is 17.1 Å². The van der Waals surface area contributed by atoms with Crippen molar-refractivity contribution < 1.29 is 0 Å². The van der Waals surface area contributed by atoms with Crippen molar-refractivity contribution >= 4 is 38.9 Å². The zero-order chi connectivity index (χ0) is 40.3. The maximum absolute atomic E-state index is 5.13. The van der Waals surface area contributed by atoms with Crippen molar-refractivity contribution in [1.82, 2.24) is 9.55 Å². The second-order valence-corrected chi connectivity index (χ2v) is 17.6. The topological polar surface area (TPSA) is 21.1 Å². The van der Waals surface area contributed by atoms with Crippen LogP contribution in [0.3, 0.4) is 0 Å². The van der Waals surface area contributed by atoms with E-state index in [0.717, 1.165) is 39.6 Å². The number of anilines is 3. The lowest BCUT2D eigenvalue weighted by Gasteiger charge is -2.30. The Morgan fingerprint density at radius 1 is 0.417 bits per heavy atom. The van der Waals surface area contributed by atoms with Crippen LogP contribution in [0.5, 0.6) is 0 Å². The summed E-state index contributed by atoms with van der Waals surface area (Å²) in [4.78, 5) is 7.58. The first kappa shape index (κ1) is 34.8. The molecule has 3 heteroatoms. The second-order valence-electron chi connectivity index (χ2n) is 17.6. The van der Waals surface area contributed by atoms with Gasteiger partial charge in [-0.3, -0.25) is 4.57 Å². The van der Waals surface area contributed by atoms with E-state index in [2.05, 4.69) is 225 Å². The van der Waals surface area contributed by atoms with E-state index in [0.29, 0.717) is 0 Å². The predicted octanol–water partition coefficient (Wildman–Crippen LogP) is 15.0. The summed E-state index contributed by atoms with van der Waals surface area (Å²) in [5, 5.41) is 2.38. The highest BCUT2D eigenvalue weighted by atomic mass is 15.1. The van der Waals surface area contributed by atoms with Crippen LogP contribution in [0.15, 0.2) is 188 Å². The normalized spacial score (nSPS) is 14.3. The molecule has 12 rings (SSSR count). The number of fused-ring (bicyclic) bond motifs is 10. The van der Waals surface area contributed by atoms with Crippen LogP contribution >= 0.6 is 0 Å². The molecule has 0 unspecified atom stereocenters. The van der Waals surface area contributed by atoms with Crippen LogP contribution in [0, 0.1) is 0 Å². The Balaban J connectivity index is 0.949. The molecule has 2 aliphatic carbocycles. The molecule has 0 spiro atoms. The van der Waals surface area contributed by atoms with E-state index >= 15 is 0 Å². The number of para-hydroxylation sites is 2. The van der Waals surface area contributed by atoms with E-state index in [9.17, 15) is 0 Å². The van der Waals surface area contributed by atoms with Crippen molar-refractivity contribution in [2.24, 2.45) is 0 Å². The molecule has 4 aliphatic rings. The highest BCUT2D eigenvalue weighted by Gasteiger charge is 2.37. The SMILES string of the molecule is CC1(C)c2ccccc2-c2ccc(N(c3ccc(-c4ccc(-n5c6nc7ccccc7c-6cc6ccccc65)cc4)cc3)c3ccc4c(c3)C(C)(C)c3ccccc3-4)cc21. The Morgan fingerprint density at radius 3 is 1.55 bits per heavy atom. The Kier molecular flexibility index (Phi) is 7.32. The second kappa shape index (κ2) is 12.6. The van der Waals surface area contributed by atoms with Crippen molar-refractivity contribution in [3.05, 3.63) is 210 Å². The fourth-order valence-corrected chi connectivity index (χ4v) is 10.5. The van der Waals surface area contributed by atoms with Gasteiger partial charge >= 0.3 is 0 Å². The third-order valence-corrected chi connectivity index (χ3v) is 13.6. The molecular formula is C57H43N3. The first-order chi connectivity index (χ1) is 29.3. The summed E-state index contributed by atoms with van der Waals surface area (Å²) in [6.07, 6.45) is 0. The molecule has 8 aromatic carbocycles. The Labute approximate surface area is 351 Å². The zero-order valence-electron chi connectivity index (χ0n) is 34.2. The van der Waals surface area contributed by atoms with Gasteiger partial charge in [0, 0.05) is 44.5 Å². The molecule has 0 N–H and O–H groups in total. The quantitative estimate of drug-likeness (QED) is 0.174. The molecule has 0 saturated heterocycles. The van der Waals surface area contributed by atoms with Gasteiger partial charge in [0.25, 0.3) is 0 Å². The first-order valence-corrected chi connectivity index (χ1v) is 21.0. The highest BCUT2D eigenvalue weighted by molar-refractivity contribution is 6.02. The monoisotopic (exact) mass is 769 g/mol. The molecule has 0 saturated carbocycles. The molecule has 0 fully saturated rings. The van der Waals surface area contributed by atoms with E-state index in [-0.39, 0.29) is 10.8 Å². The van der Waals surface area contributed by atoms with Crippen LogP contribution in [0.2, 0.25) is 0 Å². The average molecular weight is 770 g/mol. The third kappa shape index (κ3) is 4.99. The van der Waals surface area contributed by atoms with Crippen molar-refractivity contribution in [3.8, 4) is 50.5 Å². The number of hydrogen-bond acceptors (Lipinski definition) is 2. The van der Waals surface area contributed by atoms with Crippen LogP contribution in [0.25, 0.3) is 72.3 Å². The minimum Gasteiger partial charge on any atom is -0.310 e. The summed E-state index contributed by atoms with van der Waals surface area (Å²) in [5.74, 6) is 0.977. The highest BCUT2D eigenvalue weighted by Crippen LogP contribution is 2.53. The number of rotatable bonds is 5. The van der Waals surface area contributed by atoms with Crippen LogP contribution in [0.1, 0.15) is 49.9 Å². The van der Waals surface area contributed by atoms with Gasteiger partial charge in [0.1, 0.15) is 5.82 Å². The largest absolute Gasteiger partial charge is 0.310 e. The Hall–Kier alpha value is -7.23. The Bertz CT molecular complexity index is 3200. The van der Waals surface area contributed by atoms with Gasteiger partial charge in [-0.25, -0.2) is 4.98 Å². The number of benzene rings is 8. The maximum atomic E-state index is 5.13. The summed E-state index contributed by atoms with van der Waals surface area (Å²) in [6, 6.07) is 69.3. The zero-order valence-corrected chi connectivity index (χ0v) is 34.2. The van der Waals surface area contributed by atoms with Crippen LogP contribution in [-0.4, -0.2) is 9.55 Å². The standard InChI is InChI=1S/C57H43N3/c1-56(2)49-17-9-6-14-43(49)45-31-29-41(34-51(45)56)59(42-30-32-46-44-15-7-10-18-50(44)57(3,4)52(46)35-42)39-25-21-36(22-26-39)37-23-27-40(28-24-37)60-54-20-12-5-13-38(54)33-48-47-16-8-11-19-53(47)58-55(48)60/h5-35H,1-4H3. The number of hydrogen-bond donors (Lipinski definition) is 0. The smallest absolute Gasteiger partial charge is 0.146 e. The molecule has 0 aromatic heterocycles. The van der Waals surface area contributed by atoms with Gasteiger partial charge in [-0.05, 0) is 128 Å². The summed E-state index contributed by atoms with van der Waals surface area (Å²) >= 11 is 0. The predicted molar refractivity (Wildman–Crippen MR) is 250 cm³/mol. The van der Waals surface area contributed by atoms with E-state index in [1.807, 2.05) is 0 Å². The number of aromatic nitrogens is 2. The Morgan fingerprint density at radius 2 is 0.917 bits per heavy atom.